The summed E-state index contributed by atoms with van der Waals surface area (Å²) in [6.45, 7) is 3.47. The molecule has 0 spiro atoms. The van der Waals surface area contributed by atoms with Crippen molar-refractivity contribution >= 4 is 0 Å². The molecule has 1 saturated heterocycles. The van der Waals surface area contributed by atoms with Crippen molar-refractivity contribution in [1.82, 2.24) is 29.4 Å². The third-order valence-electron chi connectivity index (χ3n) is 4.88. The summed E-state index contributed by atoms with van der Waals surface area (Å²) in [5.41, 5.74) is 1.64. The standard InChI is InChI=1S/C19H22N6O/c26-19-7-6-18(16-4-1-8-20-14-16)22-25(19)15-17-5-2-10-23(17)12-13-24-11-3-9-21-24/h1,3-4,6-9,11,14,17H,2,5,10,12-13,15H2. The highest BCUT2D eigenvalue weighted by atomic mass is 16.1. The Morgan fingerprint density at radius 2 is 2.08 bits per heavy atom. The van der Waals surface area contributed by atoms with Crippen molar-refractivity contribution in [2.24, 2.45) is 0 Å². The lowest BCUT2D eigenvalue weighted by Gasteiger charge is -2.24. The molecule has 3 aromatic rings. The van der Waals surface area contributed by atoms with Gasteiger partial charge in [0.2, 0.25) is 0 Å². The molecule has 3 aromatic heterocycles. The minimum atomic E-state index is -0.0587. The van der Waals surface area contributed by atoms with E-state index in [1.165, 1.54) is 0 Å². The summed E-state index contributed by atoms with van der Waals surface area (Å²) in [7, 11) is 0. The molecule has 4 rings (SSSR count). The number of rotatable bonds is 6. The molecule has 0 aliphatic carbocycles. The Morgan fingerprint density at radius 1 is 1.12 bits per heavy atom. The molecule has 0 saturated carbocycles. The average molecular weight is 350 g/mol. The van der Waals surface area contributed by atoms with Gasteiger partial charge in [0.15, 0.2) is 0 Å². The summed E-state index contributed by atoms with van der Waals surface area (Å²) in [5.74, 6) is 0. The molecule has 1 aliphatic heterocycles. The van der Waals surface area contributed by atoms with E-state index in [0.717, 1.165) is 43.7 Å². The van der Waals surface area contributed by atoms with Crippen LogP contribution in [0.15, 0.2) is 59.9 Å². The van der Waals surface area contributed by atoms with Crippen molar-refractivity contribution in [3.05, 3.63) is 65.5 Å². The molecule has 0 radical (unpaired) electrons. The highest BCUT2D eigenvalue weighted by molar-refractivity contribution is 5.56. The van der Waals surface area contributed by atoms with E-state index in [2.05, 4.69) is 20.1 Å². The third kappa shape index (κ3) is 3.72. The summed E-state index contributed by atoms with van der Waals surface area (Å²) in [6, 6.07) is 9.46. The third-order valence-corrected chi connectivity index (χ3v) is 4.88. The van der Waals surface area contributed by atoms with E-state index >= 15 is 0 Å². The topological polar surface area (TPSA) is 68.8 Å². The number of pyridine rings is 1. The van der Waals surface area contributed by atoms with Crippen LogP contribution in [0.2, 0.25) is 0 Å². The van der Waals surface area contributed by atoms with Gasteiger partial charge in [0.1, 0.15) is 0 Å². The zero-order valence-electron chi connectivity index (χ0n) is 14.6. The molecule has 1 unspecified atom stereocenters. The SMILES string of the molecule is O=c1ccc(-c2cccnc2)nn1CC1CCCN1CCn1cccn1. The number of likely N-dealkylation sites (tertiary alicyclic amines) is 1. The first-order valence-corrected chi connectivity index (χ1v) is 9.00. The molecule has 0 aromatic carbocycles. The molecule has 134 valence electrons. The molecule has 1 aliphatic rings. The number of nitrogens with zero attached hydrogens (tertiary/aromatic N) is 6. The molecular weight excluding hydrogens is 328 g/mol. The van der Waals surface area contributed by atoms with Gasteiger partial charge >= 0.3 is 0 Å². The minimum absolute atomic E-state index is 0.0587. The molecule has 7 heteroatoms. The van der Waals surface area contributed by atoms with Gasteiger partial charge in [0, 0.05) is 49.0 Å². The zero-order valence-corrected chi connectivity index (χ0v) is 14.6. The average Bonchev–Trinajstić information content (AvgIpc) is 3.34. The highest BCUT2D eigenvalue weighted by Gasteiger charge is 2.25. The monoisotopic (exact) mass is 350 g/mol. The van der Waals surface area contributed by atoms with Crippen molar-refractivity contribution in [3.8, 4) is 11.3 Å². The van der Waals surface area contributed by atoms with Gasteiger partial charge < -0.3 is 0 Å². The second kappa shape index (κ2) is 7.61. The summed E-state index contributed by atoms with van der Waals surface area (Å²) >= 11 is 0. The van der Waals surface area contributed by atoms with Crippen molar-refractivity contribution in [2.75, 3.05) is 13.1 Å². The van der Waals surface area contributed by atoms with Crippen LogP contribution in [0, 0.1) is 0 Å². The van der Waals surface area contributed by atoms with Gasteiger partial charge in [-0.25, -0.2) is 4.68 Å². The second-order valence-corrected chi connectivity index (χ2v) is 6.58. The van der Waals surface area contributed by atoms with Crippen LogP contribution in [0.1, 0.15) is 12.8 Å². The first-order chi connectivity index (χ1) is 12.8. The van der Waals surface area contributed by atoms with E-state index in [4.69, 9.17) is 0 Å². The van der Waals surface area contributed by atoms with Gasteiger partial charge in [-0.2, -0.15) is 10.2 Å². The summed E-state index contributed by atoms with van der Waals surface area (Å²) in [4.78, 5) is 18.9. The summed E-state index contributed by atoms with van der Waals surface area (Å²) in [6.07, 6.45) is 9.52. The lowest BCUT2D eigenvalue weighted by Crippen LogP contribution is -2.38. The van der Waals surface area contributed by atoms with E-state index in [1.54, 1.807) is 35.4 Å². The smallest absolute Gasteiger partial charge is 0.266 e. The predicted molar refractivity (Wildman–Crippen MR) is 98.6 cm³/mol. The molecule has 7 nitrogen and oxygen atoms in total. The molecular formula is C19H22N6O. The van der Waals surface area contributed by atoms with Crippen LogP contribution in [-0.4, -0.2) is 48.6 Å². The Labute approximate surface area is 151 Å². The maximum atomic E-state index is 12.3. The van der Waals surface area contributed by atoms with Gasteiger partial charge in [-0.05, 0) is 43.7 Å². The van der Waals surface area contributed by atoms with E-state index in [-0.39, 0.29) is 5.56 Å². The minimum Gasteiger partial charge on any atom is -0.297 e. The van der Waals surface area contributed by atoms with Crippen molar-refractivity contribution in [1.29, 1.82) is 0 Å². The predicted octanol–water partition coefficient (Wildman–Crippen LogP) is 1.67. The summed E-state index contributed by atoms with van der Waals surface area (Å²) in [5, 5.41) is 8.83. The molecule has 1 atom stereocenters. The maximum Gasteiger partial charge on any atom is 0.266 e. The zero-order chi connectivity index (χ0) is 17.8. The second-order valence-electron chi connectivity index (χ2n) is 6.58. The Kier molecular flexibility index (Phi) is 4.88. The highest BCUT2D eigenvalue weighted by Crippen LogP contribution is 2.19. The van der Waals surface area contributed by atoms with Crippen LogP contribution in [0.3, 0.4) is 0 Å². The molecule has 4 heterocycles. The first-order valence-electron chi connectivity index (χ1n) is 9.00. The fraction of sp³-hybridized carbons (Fsp3) is 0.368. The van der Waals surface area contributed by atoms with Gasteiger partial charge in [-0.3, -0.25) is 19.4 Å². The van der Waals surface area contributed by atoms with Gasteiger partial charge in [-0.1, -0.05) is 0 Å². The molecule has 0 bridgehead atoms. The number of hydrogen-bond acceptors (Lipinski definition) is 5. The Morgan fingerprint density at radius 3 is 2.88 bits per heavy atom. The van der Waals surface area contributed by atoms with Crippen molar-refractivity contribution < 1.29 is 0 Å². The Balaban J connectivity index is 1.48. The van der Waals surface area contributed by atoms with E-state index in [1.807, 2.05) is 29.1 Å². The van der Waals surface area contributed by atoms with E-state index in [9.17, 15) is 4.79 Å². The maximum absolute atomic E-state index is 12.3. The molecule has 26 heavy (non-hydrogen) atoms. The fourth-order valence-corrected chi connectivity index (χ4v) is 3.51. The van der Waals surface area contributed by atoms with Crippen molar-refractivity contribution in [2.45, 2.75) is 32.0 Å². The lowest BCUT2D eigenvalue weighted by molar-refractivity contribution is 0.214. The van der Waals surface area contributed by atoms with Crippen LogP contribution in [0.5, 0.6) is 0 Å². The van der Waals surface area contributed by atoms with Crippen LogP contribution in [-0.2, 0) is 13.1 Å². The van der Waals surface area contributed by atoms with Gasteiger partial charge in [-0.15, -0.1) is 0 Å². The lowest BCUT2D eigenvalue weighted by atomic mass is 10.2. The Hall–Kier alpha value is -2.80. The van der Waals surface area contributed by atoms with Crippen LogP contribution in [0.25, 0.3) is 11.3 Å². The van der Waals surface area contributed by atoms with E-state index < -0.39 is 0 Å². The number of aromatic nitrogens is 5. The van der Waals surface area contributed by atoms with Crippen LogP contribution < -0.4 is 5.56 Å². The van der Waals surface area contributed by atoms with E-state index in [0.29, 0.717) is 12.6 Å². The normalized spacial score (nSPS) is 17.6. The molecule has 0 amide bonds. The van der Waals surface area contributed by atoms with Crippen LogP contribution >= 0.6 is 0 Å². The first kappa shape index (κ1) is 16.7. The number of hydrogen-bond donors (Lipinski definition) is 0. The molecule has 0 N–H and O–H groups in total. The quantitative estimate of drug-likeness (QED) is 0.676. The Bertz CT molecular complexity index is 890. The van der Waals surface area contributed by atoms with Gasteiger partial charge in [0.25, 0.3) is 5.56 Å². The fourth-order valence-electron chi connectivity index (χ4n) is 3.51. The van der Waals surface area contributed by atoms with Crippen molar-refractivity contribution in [3.63, 3.8) is 0 Å². The summed E-state index contributed by atoms with van der Waals surface area (Å²) < 4.78 is 3.54. The van der Waals surface area contributed by atoms with Crippen LogP contribution in [0.4, 0.5) is 0 Å². The van der Waals surface area contributed by atoms with Gasteiger partial charge in [0.05, 0.1) is 18.8 Å². The largest absolute Gasteiger partial charge is 0.297 e. The molecule has 1 fully saturated rings.